The van der Waals surface area contributed by atoms with Crippen LogP contribution in [0.15, 0.2) is 0 Å². The fraction of sp³-hybridized carbons (Fsp3) is 0.750. The number of aliphatic carboxylic acids is 1. The van der Waals surface area contributed by atoms with E-state index in [-0.39, 0.29) is 6.42 Å². The van der Waals surface area contributed by atoms with Gasteiger partial charge in [-0.1, -0.05) is 0 Å². The van der Waals surface area contributed by atoms with Gasteiger partial charge in [0.05, 0.1) is 6.42 Å². The van der Waals surface area contributed by atoms with E-state index in [1.54, 1.807) is 0 Å². The van der Waals surface area contributed by atoms with Crippen LogP contribution in [0, 0.1) is 0 Å². The Kier molecular flexibility index (Phi) is 3.22. The molecular formula is C8H13NO3. The molecule has 1 heterocycles. The van der Waals surface area contributed by atoms with Crippen LogP contribution in [0.3, 0.4) is 0 Å². The van der Waals surface area contributed by atoms with E-state index < -0.39 is 5.97 Å². The topological polar surface area (TPSA) is 57.6 Å². The van der Waals surface area contributed by atoms with Crippen molar-refractivity contribution in [1.82, 2.24) is 4.90 Å². The lowest BCUT2D eigenvalue weighted by atomic mass is 10.1. The van der Waals surface area contributed by atoms with E-state index in [0.29, 0.717) is 25.2 Å². The number of carboxylic acids is 1. The number of piperidine rings is 1. The Hall–Kier alpha value is -0.900. The largest absolute Gasteiger partial charge is 0.481 e. The molecule has 4 nitrogen and oxygen atoms in total. The Bertz CT molecular complexity index is 181. The van der Waals surface area contributed by atoms with Crippen LogP contribution >= 0.6 is 0 Å². The van der Waals surface area contributed by atoms with E-state index in [0.717, 1.165) is 13.1 Å². The zero-order chi connectivity index (χ0) is 8.97. The van der Waals surface area contributed by atoms with Crippen molar-refractivity contribution in [3.8, 4) is 0 Å². The molecular weight excluding hydrogens is 158 g/mol. The van der Waals surface area contributed by atoms with Gasteiger partial charge in [-0.15, -0.1) is 0 Å². The third-order valence-corrected chi connectivity index (χ3v) is 2.06. The summed E-state index contributed by atoms with van der Waals surface area (Å²) >= 11 is 0. The standard InChI is InChI=1S/C8H13NO3/c10-7-1-4-9(5-2-7)6-3-8(11)12/h1-6H2,(H,11,12). The van der Waals surface area contributed by atoms with E-state index in [9.17, 15) is 9.59 Å². The average Bonchev–Trinajstić information content (AvgIpc) is 2.03. The van der Waals surface area contributed by atoms with Crippen molar-refractivity contribution < 1.29 is 14.7 Å². The van der Waals surface area contributed by atoms with Crippen LogP contribution in [0.1, 0.15) is 19.3 Å². The highest BCUT2D eigenvalue weighted by Gasteiger charge is 2.15. The lowest BCUT2D eigenvalue weighted by Crippen LogP contribution is -2.35. The van der Waals surface area contributed by atoms with E-state index in [2.05, 4.69) is 0 Å². The molecule has 0 bridgehead atoms. The van der Waals surface area contributed by atoms with Crippen molar-refractivity contribution in [3.05, 3.63) is 0 Å². The summed E-state index contributed by atoms with van der Waals surface area (Å²) in [6.45, 7) is 2.03. The van der Waals surface area contributed by atoms with Gasteiger partial charge < -0.3 is 10.0 Å². The third kappa shape index (κ3) is 3.00. The fourth-order valence-corrected chi connectivity index (χ4v) is 1.28. The summed E-state index contributed by atoms with van der Waals surface area (Å²) in [7, 11) is 0. The number of rotatable bonds is 3. The van der Waals surface area contributed by atoms with E-state index >= 15 is 0 Å². The second-order valence-electron chi connectivity index (χ2n) is 3.02. The van der Waals surface area contributed by atoms with Crippen LogP contribution < -0.4 is 0 Å². The van der Waals surface area contributed by atoms with Crippen molar-refractivity contribution in [1.29, 1.82) is 0 Å². The van der Waals surface area contributed by atoms with Gasteiger partial charge in [-0.3, -0.25) is 9.59 Å². The van der Waals surface area contributed by atoms with Gasteiger partial charge in [-0.25, -0.2) is 0 Å². The number of nitrogens with zero attached hydrogens (tertiary/aromatic N) is 1. The lowest BCUT2D eigenvalue weighted by Gasteiger charge is -2.24. The van der Waals surface area contributed by atoms with Crippen molar-refractivity contribution >= 4 is 11.8 Å². The molecule has 0 aliphatic carbocycles. The van der Waals surface area contributed by atoms with Crippen LogP contribution in [-0.2, 0) is 9.59 Å². The number of carbonyl (C=O) groups excluding carboxylic acids is 1. The summed E-state index contributed by atoms with van der Waals surface area (Å²) in [4.78, 5) is 23.0. The molecule has 0 aromatic carbocycles. The summed E-state index contributed by atoms with van der Waals surface area (Å²) in [6.07, 6.45) is 1.34. The Labute approximate surface area is 71.2 Å². The molecule has 1 rings (SSSR count). The van der Waals surface area contributed by atoms with Gasteiger partial charge in [0.15, 0.2) is 0 Å². The van der Waals surface area contributed by atoms with Gasteiger partial charge in [0, 0.05) is 32.5 Å². The van der Waals surface area contributed by atoms with Gasteiger partial charge in [0.1, 0.15) is 5.78 Å². The Morgan fingerprint density at radius 2 is 2.00 bits per heavy atom. The summed E-state index contributed by atoms with van der Waals surface area (Å²) in [5, 5.41) is 8.40. The van der Waals surface area contributed by atoms with Crippen LogP contribution in [0.2, 0.25) is 0 Å². The minimum Gasteiger partial charge on any atom is -0.481 e. The minimum atomic E-state index is -0.771. The number of hydrogen-bond donors (Lipinski definition) is 1. The molecule has 68 valence electrons. The first-order valence-electron chi connectivity index (χ1n) is 4.14. The van der Waals surface area contributed by atoms with Gasteiger partial charge in [0.25, 0.3) is 0 Å². The summed E-state index contributed by atoms with van der Waals surface area (Å²) < 4.78 is 0. The number of hydrogen-bond acceptors (Lipinski definition) is 3. The quantitative estimate of drug-likeness (QED) is 0.655. The van der Waals surface area contributed by atoms with Crippen LogP contribution in [-0.4, -0.2) is 41.4 Å². The SMILES string of the molecule is O=C(O)CCN1CCC(=O)CC1. The molecule has 1 saturated heterocycles. The van der Waals surface area contributed by atoms with Crippen LogP contribution in [0.4, 0.5) is 0 Å². The minimum absolute atomic E-state index is 0.175. The summed E-state index contributed by atoms with van der Waals surface area (Å²) in [5.74, 6) is -0.478. The van der Waals surface area contributed by atoms with E-state index in [4.69, 9.17) is 5.11 Å². The first-order valence-corrected chi connectivity index (χ1v) is 4.14. The second kappa shape index (κ2) is 4.21. The Morgan fingerprint density at radius 3 is 2.50 bits per heavy atom. The number of likely N-dealkylation sites (tertiary alicyclic amines) is 1. The monoisotopic (exact) mass is 171 g/mol. The maximum absolute atomic E-state index is 10.8. The van der Waals surface area contributed by atoms with Gasteiger partial charge in [-0.05, 0) is 0 Å². The molecule has 0 radical (unpaired) electrons. The molecule has 1 fully saturated rings. The van der Waals surface area contributed by atoms with Crippen LogP contribution in [0.5, 0.6) is 0 Å². The highest BCUT2D eigenvalue weighted by atomic mass is 16.4. The zero-order valence-corrected chi connectivity index (χ0v) is 6.95. The molecule has 0 aromatic heterocycles. The Morgan fingerprint density at radius 1 is 1.42 bits per heavy atom. The number of Topliss-reactive ketones (excluding diaryl/α,β-unsaturated/α-hetero) is 1. The zero-order valence-electron chi connectivity index (χ0n) is 6.95. The molecule has 12 heavy (non-hydrogen) atoms. The van der Waals surface area contributed by atoms with Crippen molar-refractivity contribution in [2.75, 3.05) is 19.6 Å². The average molecular weight is 171 g/mol. The summed E-state index contributed by atoms with van der Waals surface area (Å²) in [5.41, 5.74) is 0. The highest BCUT2D eigenvalue weighted by Crippen LogP contribution is 2.05. The molecule has 0 aromatic rings. The summed E-state index contributed by atoms with van der Waals surface area (Å²) in [6, 6.07) is 0. The predicted octanol–water partition coefficient (Wildman–Crippen LogP) is 0.126. The third-order valence-electron chi connectivity index (χ3n) is 2.06. The van der Waals surface area contributed by atoms with Gasteiger partial charge >= 0.3 is 5.97 Å². The molecule has 0 atom stereocenters. The first kappa shape index (κ1) is 9.19. The molecule has 1 aliphatic rings. The first-order chi connectivity index (χ1) is 5.68. The fourth-order valence-electron chi connectivity index (χ4n) is 1.28. The maximum Gasteiger partial charge on any atom is 0.304 e. The predicted molar refractivity (Wildman–Crippen MR) is 42.9 cm³/mol. The van der Waals surface area contributed by atoms with Crippen molar-refractivity contribution in [2.24, 2.45) is 0 Å². The Balaban J connectivity index is 2.17. The lowest BCUT2D eigenvalue weighted by molar-refractivity contribution is -0.137. The van der Waals surface area contributed by atoms with Gasteiger partial charge in [-0.2, -0.15) is 0 Å². The number of carboxylic acid groups (broad SMARTS) is 1. The molecule has 0 amide bonds. The highest BCUT2D eigenvalue weighted by molar-refractivity contribution is 5.79. The number of ketones is 1. The van der Waals surface area contributed by atoms with Crippen molar-refractivity contribution in [3.63, 3.8) is 0 Å². The normalized spacial score (nSPS) is 19.5. The molecule has 4 heteroatoms. The molecule has 0 unspecified atom stereocenters. The van der Waals surface area contributed by atoms with Crippen molar-refractivity contribution in [2.45, 2.75) is 19.3 Å². The maximum atomic E-state index is 10.8. The molecule has 1 N–H and O–H groups in total. The second-order valence-corrected chi connectivity index (χ2v) is 3.02. The molecule has 0 saturated carbocycles. The van der Waals surface area contributed by atoms with Crippen LogP contribution in [0.25, 0.3) is 0 Å². The molecule has 0 spiro atoms. The number of carbonyl (C=O) groups is 2. The van der Waals surface area contributed by atoms with E-state index in [1.807, 2.05) is 4.90 Å². The molecule has 1 aliphatic heterocycles. The van der Waals surface area contributed by atoms with Gasteiger partial charge in [0.2, 0.25) is 0 Å². The van der Waals surface area contributed by atoms with E-state index in [1.165, 1.54) is 0 Å². The smallest absolute Gasteiger partial charge is 0.304 e.